The van der Waals surface area contributed by atoms with Crippen LogP contribution >= 0.6 is 12.6 Å². The Morgan fingerprint density at radius 2 is 2.08 bits per heavy atom. The Hall–Kier alpha value is 0.270. The third-order valence-corrected chi connectivity index (χ3v) is 2.94. The summed E-state index contributed by atoms with van der Waals surface area (Å²) in [4.78, 5) is 2.55. The molecule has 1 aliphatic rings. The summed E-state index contributed by atoms with van der Waals surface area (Å²) in [6.07, 6.45) is 3.85. The molecule has 12 heavy (non-hydrogen) atoms. The van der Waals surface area contributed by atoms with E-state index in [0.717, 1.165) is 11.8 Å². The second-order valence-corrected chi connectivity index (χ2v) is 3.93. The van der Waals surface area contributed by atoms with E-state index in [2.05, 4.69) is 29.9 Å². The number of rotatable bonds is 4. The van der Waals surface area contributed by atoms with Crippen LogP contribution in [0, 0.1) is 0 Å². The summed E-state index contributed by atoms with van der Waals surface area (Å²) in [6, 6.07) is 0.761. The highest BCUT2D eigenvalue weighted by atomic mass is 32.1. The van der Waals surface area contributed by atoms with Gasteiger partial charge in [0.2, 0.25) is 0 Å². The quantitative estimate of drug-likeness (QED) is 0.640. The zero-order valence-corrected chi connectivity index (χ0v) is 8.82. The molecule has 1 fully saturated rings. The molecule has 0 unspecified atom stereocenters. The molecule has 0 aliphatic carbocycles. The van der Waals surface area contributed by atoms with E-state index in [1.807, 2.05) is 0 Å². The molecule has 0 bridgehead atoms. The van der Waals surface area contributed by atoms with Crippen LogP contribution in [-0.2, 0) is 0 Å². The molecular weight excluding hydrogens is 168 g/mol. The van der Waals surface area contributed by atoms with Crippen LogP contribution in [0.5, 0.6) is 0 Å². The summed E-state index contributed by atoms with van der Waals surface area (Å²) < 4.78 is 0. The summed E-state index contributed by atoms with van der Waals surface area (Å²) in [7, 11) is 2.06. The minimum atomic E-state index is 0.761. The van der Waals surface area contributed by atoms with Gasteiger partial charge in [-0.15, -0.1) is 0 Å². The normalized spacial score (nSPS) is 21.5. The first-order valence-electron chi connectivity index (χ1n) is 4.87. The van der Waals surface area contributed by atoms with Gasteiger partial charge in [0.1, 0.15) is 0 Å². The largest absolute Gasteiger partial charge is 0.317 e. The molecule has 0 aromatic heterocycles. The smallest absolute Gasteiger partial charge is 0.00884 e. The van der Waals surface area contributed by atoms with E-state index >= 15 is 0 Å². The van der Waals surface area contributed by atoms with Crippen molar-refractivity contribution in [1.82, 2.24) is 10.2 Å². The highest BCUT2D eigenvalue weighted by molar-refractivity contribution is 7.80. The van der Waals surface area contributed by atoms with Crippen LogP contribution in [0.3, 0.4) is 0 Å². The zero-order valence-electron chi connectivity index (χ0n) is 7.92. The van der Waals surface area contributed by atoms with Crippen molar-refractivity contribution in [3.63, 3.8) is 0 Å². The highest BCUT2D eigenvalue weighted by Gasteiger charge is 2.16. The van der Waals surface area contributed by atoms with Gasteiger partial charge in [-0.05, 0) is 51.7 Å². The number of hydrogen-bond donors (Lipinski definition) is 2. The van der Waals surface area contributed by atoms with E-state index in [0.29, 0.717) is 0 Å². The van der Waals surface area contributed by atoms with Gasteiger partial charge in [-0.3, -0.25) is 0 Å². The highest BCUT2D eigenvalue weighted by Crippen LogP contribution is 2.09. The van der Waals surface area contributed by atoms with Crippen molar-refractivity contribution in [3.8, 4) is 0 Å². The standard InChI is InChI=1S/C9H20N2S/c1-10-9-3-6-11(7-4-9)5-2-8-12/h9-10,12H,2-8H2,1H3. The Morgan fingerprint density at radius 3 is 2.58 bits per heavy atom. The predicted molar refractivity (Wildman–Crippen MR) is 57.0 cm³/mol. The second kappa shape index (κ2) is 5.84. The van der Waals surface area contributed by atoms with Crippen LogP contribution in [-0.4, -0.2) is 43.4 Å². The van der Waals surface area contributed by atoms with Gasteiger partial charge in [0.05, 0.1) is 0 Å². The molecule has 0 aromatic carbocycles. The third-order valence-electron chi connectivity index (χ3n) is 2.63. The fraction of sp³-hybridized carbons (Fsp3) is 1.00. The van der Waals surface area contributed by atoms with Gasteiger partial charge in [0.25, 0.3) is 0 Å². The number of likely N-dealkylation sites (tertiary alicyclic amines) is 1. The lowest BCUT2D eigenvalue weighted by atomic mass is 10.1. The maximum atomic E-state index is 4.22. The summed E-state index contributed by atoms with van der Waals surface area (Å²) in [6.45, 7) is 3.76. The van der Waals surface area contributed by atoms with Crippen molar-refractivity contribution in [2.75, 3.05) is 32.4 Å². The minimum Gasteiger partial charge on any atom is -0.317 e. The molecule has 1 heterocycles. The lowest BCUT2D eigenvalue weighted by molar-refractivity contribution is 0.203. The molecule has 72 valence electrons. The van der Waals surface area contributed by atoms with E-state index in [1.54, 1.807) is 0 Å². The Balaban J connectivity index is 2.09. The average Bonchev–Trinajstić information content (AvgIpc) is 2.15. The van der Waals surface area contributed by atoms with Gasteiger partial charge in [0, 0.05) is 6.04 Å². The molecule has 1 saturated heterocycles. The predicted octanol–water partition coefficient (Wildman–Crippen LogP) is 0.990. The molecule has 1 rings (SSSR count). The summed E-state index contributed by atoms with van der Waals surface area (Å²) in [5.74, 6) is 1.02. The van der Waals surface area contributed by atoms with Gasteiger partial charge in [-0.25, -0.2) is 0 Å². The van der Waals surface area contributed by atoms with Crippen LogP contribution < -0.4 is 5.32 Å². The topological polar surface area (TPSA) is 15.3 Å². The number of nitrogens with one attached hydrogen (secondary N) is 1. The minimum absolute atomic E-state index is 0.761. The number of thiol groups is 1. The monoisotopic (exact) mass is 188 g/mol. The lowest BCUT2D eigenvalue weighted by Crippen LogP contribution is -2.41. The SMILES string of the molecule is CNC1CCN(CCCS)CC1. The molecule has 2 nitrogen and oxygen atoms in total. The Morgan fingerprint density at radius 1 is 1.42 bits per heavy atom. The van der Waals surface area contributed by atoms with Crippen molar-refractivity contribution in [3.05, 3.63) is 0 Å². The fourth-order valence-corrected chi connectivity index (χ4v) is 1.88. The number of hydrogen-bond acceptors (Lipinski definition) is 3. The van der Waals surface area contributed by atoms with Crippen LogP contribution in [0.15, 0.2) is 0 Å². The average molecular weight is 188 g/mol. The van der Waals surface area contributed by atoms with Gasteiger partial charge < -0.3 is 10.2 Å². The van der Waals surface area contributed by atoms with E-state index < -0.39 is 0 Å². The summed E-state index contributed by atoms with van der Waals surface area (Å²) in [5.41, 5.74) is 0. The van der Waals surface area contributed by atoms with E-state index in [4.69, 9.17) is 0 Å². The molecule has 1 N–H and O–H groups in total. The van der Waals surface area contributed by atoms with E-state index in [-0.39, 0.29) is 0 Å². The van der Waals surface area contributed by atoms with Gasteiger partial charge >= 0.3 is 0 Å². The number of piperidine rings is 1. The Kier molecular flexibility index (Phi) is 5.04. The molecule has 0 atom stereocenters. The molecule has 0 aromatic rings. The Labute approximate surface area is 81.1 Å². The van der Waals surface area contributed by atoms with Gasteiger partial charge in [-0.1, -0.05) is 0 Å². The van der Waals surface area contributed by atoms with Crippen molar-refractivity contribution in [2.45, 2.75) is 25.3 Å². The third kappa shape index (κ3) is 3.33. The molecule has 0 saturated carbocycles. The maximum Gasteiger partial charge on any atom is 0.00884 e. The molecule has 0 radical (unpaired) electrons. The van der Waals surface area contributed by atoms with E-state index in [9.17, 15) is 0 Å². The second-order valence-electron chi connectivity index (χ2n) is 3.48. The maximum absolute atomic E-state index is 4.22. The van der Waals surface area contributed by atoms with Crippen molar-refractivity contribution >= 4 is 12.6 Å². The summed E-state index contributed by atoms with van der Waals surface area (Å²) >= 11 is 4.22. The van der Waals surface area contributed by atoms with Gasteiger partial charge in [-0.2, -0.15) is 12.6 Å². The Bertz CT molecular complexity index is 111. The molecule has 0 amide bonds. The van der Waals surface area contributed by atoms with Crippen LogP contribution in [0.2, 0.25) is 0 Å². The lowest BCUT2D eigenvalue weighted by Gasteiger charge is -2.31. The first kappa shape index (κ1) is 10.4. The van der Waals surface area contributed by atoms with Crippen molar-refractivity contribution in [1.29, 1.82) is 0 Å². The number of nitrogens with zero attached hydrogens (tertiary/aromatic N) is 1. The van der Waals surface area contributed by atoms with Crippen molar-refractivity contribution in [2.24, 2.45) is 0 Å². The molecule has 1 aliphatic heterocycles. The zero-order chi connectivity index (χ0) is 8.81. The molecular formula is C9H20N2S. The molecule has 3 heteroatoms. The van der Waals surface area contributed by atoms with Crippen LogP contribution in [0.25, 0.3) is 0 Å². The first-order valence-corrected chi connectivity index (χ1v) is 5.50. The van der Waals surface area contributed by atoms with E-state index in [1.165, 1.54) is 38.9 Å². The first-order chi connectivity index (χ1) is 5.86. The van der Waals surface area contributed by atoms with Crippen LogP contribution in [0.4, 0.5) is 0 Å². The van der Waals surface area contributed by atoms with Gasteiger partial charge in [0.15, 0.2) is 0 Å². The van der Waals surface area contributed by atoms with Crippen LogP contribution in [0.1, 0.15) is 19.3 Å². The van der Waals surface area contributed by atoms with Crippen molar-refractivity contribution < 1.29 is 0 Å². The summed E-state index contributed by atoms with van der Waals surface area (Å²) in [5, 5.41) is 3.34. The molecule has 0 spiro atoms. The fourth-order valence-electron chi connectivity index (χ4n) is 1.74.